The van der Waals surface area contributed by atoms with Crippen molar-refractivity contribution in [2.75, 3.05) is 39.4 Å². The highest BCUT2D eigenvalue weighted by Crippen LogP contribution is 2.38. The topological polar surface area (TPSA) is 54.6 Å². The largest absolute Gasteiger partial charge is 0.379 e. The van der Waals surface area contributed by atoms with Crippen LogP contribution in [0.5, 0.6) is 0 Å². The molecule has 4 rings (SSSR count). The predicted molar refractivity (Wildman–Crippen MR) is 81.6 cm³/mol. The highest BCUT2D eigenvalue weighted by atomic mass is 16.5. The van der Waals surface area contributed by atoms with Crippen molar-refractivity contribution >= 4 is 0 Å². The molecule has 0 spiro atoms. The molecule has 22 heavy (non-hydrogen) atoms. The molecule has 0 aromatic carbocycles. The molecule has 6 nitrogen and oxygen atoms in total. The number of ether oxygens (including phenoxy) is 1. The molecule has 3 heterocycles. The van der Waals surface area contributed by atoms with E-state index < -0.39 is 0 Å². The lowest BCUT2D eigenvalue weighted by Crippen LogP contribution is -2.49. The Morgan fingerprint density at radius 3 is 2.73 bits per heavy atom. The fourth-order valence-electron chi connectivity index (χ4n) is 3.57. The van der Waals surface area contributed by atoms with Crippen LogP contribution in [0.2, 0.25) is 0 Å². The van der Waals surface area contributed by atoms with Crippen molar-refractivity contribution in [1.82, 2.24) is 19.9 Å². The fraction of sp³-hybridized carbons (Fsp3) is 0.875. The van der Waals surface area contributed by atoms with E-state index in [1.165, 1.54) is 32.1 Å². The quantitative estimate of drug-likeness (QED) is 0.824. The third-order valence-corrected chi connectivity index (χ3v) is 5.08. The van der Waals surface area contributed by atoms with Crippen LogP contribution >= 0.6 is 0 Å². The van der Waals surface area contributed by atoms with Gasteiger partial charge in [0, 0.05) is 31.6 Å². The van der Waals surface area contributed by atoms with E-state index in [4.69, 9.17) is 9.26 Å². The molecule has 1 aromatic rings. The molecule has 1 aliphatic carbocycles. The summed E-state index contributed by atoms with van der Waals surface area (Å²) in [6.07, 6.45) is 6.33. The van der Waals surface area contributed by atoms with E-state index in [1.54, 1.807) is 0 Å². The van der Waals surface area contributed by atoms with Crippen LogP contribution in [-0.2, 0) is 11.3 Å². The van der Waals surface area contributed by atoms with E-state index in [-0.39, 0.29) is 0 Å². The SMILES string of the molecule is C1CCN(Cc2noc(C3CC3)n2)C(CN2CCOCC2)C1. The Morgan fingerprint density at radius 1 is 1.05 bits per heavy atom. The number of piperidine rings is 1. The Bertz CT molecular complexity index is 482. The summed E-state index contributed by atoms with van der Waals surface area (Å²) in [7, 11) is 0. The molecule has 122 valence electrons. The number of hydrogen-bond donors (Lipinski definition) is 0. The van der Waals surface area contributed by atoms with E-state index in [0.717, 1.165) is 57.7 Å². The normalized spacial score (nSPS) is 28.1. The van der Waals surface area contributed by atoms with Crippen LogP contribution in [0.1, 0.15) is 49.7 Å². The van der Waals surface area contributed by atoms with Gasteiger partial charge in [-0.05, 0) is 32.2 Å². The molecule has 1 atom stereocenters. The first-order valence-corrected chi connectivity index (χ1v) is 8.75. The van der Waals surface area contributed by atoms with Gasteiger partial charge in [-0.1, -0.05) is 11.6 Å². The smallest absolute Gasteiger partial charge is 0.229 e. The second-order valence-electron chi connectivity index (χ2n) is 6.86. The van der Waals surface area contributed by atoms with Gasteiger partial charge in [-0.2, -0.15) is 4.98 Å². The van der Waals surface area contributed by atoms with E-state index in [1.807, 2.05) is 0 Å². The van der Waals surface area contributed by atoms with Crippen molar-refractivity contribution in [3.63, 3.8) is 0 Å². The maximum atomic E-state index is 5.45. The summed E-state index contributed by atoms with van der Waals surface area (Å²) in [4.78, 5) is 9.69. The third-order valence-electron chi connectivity index (χ3n) is 5.08. The summed E-state index contributed by atoms with van der Waals surface area (Å²) in [5, 5.41) is 4.19. The molecule has 1 aromatic heterocycles. The van der Waals surface area contributed by atoms with Crippen LogP contribution < -0.4 is 0 Å². The average Bonchev–Trinajstić information content (AvgIpc) is 3.30. The molecule has 6 heteroatoms. The van der Waals surface area contributed by atoms with Gasteiger partial charge in [0.25, 0.3) is 0 Å². The number of aromatic nitrogens is 2. The standard InChI is InChI=1S/C16H26N4O2/c1-2-6-20(12-15-17-16(22-18-15)13-4-5-13)14(3-1)11-19-7-9-21-10-8-19/h13-14H,1-12H2. The molecule has 1 saturated carbocycles. The van der Waals surface area contributed by atoms with Gasteiger partial charge in [-0.3, -0.25) is 9.80 Å². The van der Waals surface area contributed by atoms with Crippen LogP contribution in [0.15, 0.2) is 4.52 Å². The molecule has 0 N–H and O–H groups in total. The first-order valence-electron chi connectivity index (χ1n) is 8.75. The molecule has 0 amide bonds. The lowest BCUT2D eigenvalue weighted by molar-refractivity contribution is 0.0148. The molecular weight excluding hydrogens is 280 g/mol. The zero-order chi connectivity index (χ0) is 14.8. The lowest BCUT2D eigenvalue weighted by Gasteiger charge is -2.39. The highest BCUT2D eigenvalue weighted by molar-refractivity contribution is 5.02. The van der Waals surface area contributed by atoms with E-state index in [2.05, 4.69) is 19.9 Å². The van der Waals surface area contributed by atoms with Gasteiger partial charge in [0.15, 0.2) is 5.82 Å². The monoisotopic (exact) mass is 306 g/mol. The second kappa shape index (κ2) is 6.64. The summed E-state index contributed by atoms with van der Waals surface area (Å²) in [5.74, 6) is 2.28. The zero-order valence-corrected chi connectivity index (χ0v) is 13.2. The molecule has 3 aliphatic rings. The number of likely N-dealkylation sites (tertiary alicyclic amines) is 1. The Hall–Kier alpha value is -0.980. The van der Waals surface area contributed by atoms with Crippen molar-refractivity contribution < 1.29 is 9.26 Å². The highest BCUT2D eigenvalue weighted by Gasteiger charge is 2.31. The first-order chi connectivity index (χ1) is 10.9. The Balaban J connectivity index is 1.36. The minimum atomic E-state index is 0.548. The summed E-state index contributed by atoms with van der Waals surface area (Å²) >= 11 is 0. The predicted octanol–water partition coefficient (Wildman–Crippen LogP) is 1.63. The van der Waals surface area contributed by atoms with Crippen LogP contribution in [0.3, 0.4) is 0 Å². The zero-order valence-electron chi connectivity index (χ0n) is 13.2. The number of hydrogen-bond acceptors (Lipinski definition) is 6. The van der Waals surface area contributed by atoms with Gasteiger partial charge in [0.05, 0.1) is 19.8 Å². The average molecular weight is 306 g/mol. The Kier molecular flexibility index (Phi) is 4.41. The minimum Gasteiger partial charge on any atom is -0.379 e. The number of morpholine rings is 1. The minimum absolute atomic E-state index is 0.548. The molecule has 2 aliphatic heterocycles. The third kappa shape index (κ3) is 3.50. The first kappa shape index (κ1) is 14.6. The van der Waals surface area contributed by atoms with Crippen LogP contribution in [0, 0.1) is 0 Å². The lowest BCUT2D eigenvalue weighted by atomic mass is 10.0. The van der Waals surface area contributed by atoms with E-state index in [0.29, 0.717) is 12.0 Å². The molecule has 1 unspecified atom stereocenters. The fourth-order valence-corrected chi connectivity index (χ4v) is 3.57. The summed E-state index contributed by atoms with van der Waals surface area (Å²) in [6.45, 7) is 7.03. The molecule has 0 radical (unpaired) electrons. The van der Waals surface area contributed by atoms with Crippen molar-refractivity contribution in [2.45, 2.75) is 50.6 Å². The van der Waals surface area contributed by atoms with E-state index in [9.17, 15) is 0 Å². The van der Waals surface area contributed by atoms with Crippen molar-refractivity contribution in [1.29, 1.82) is 0 Å². The van der Waals surface area contributed by atoms with E-state index >= 15 is 0 Å². The maximum absolute atomic E-state index is 5.45. The Labute approximate surface area is 131 Å². The maximum Gasteiger partial charge on any atom is 0.229 e. The van der Waals surface area contributed by atoms with Gasteiger partial charge in [0.1, 0.15) is 0 Å². The van der Waals surface area contributed by atoms with Crippen LogP contribution in [0.4, 0.5) is 0 Å². The van der Waals surface area contributed by atoms with Gasteiger partial charge >= 0.3 is 0 Å². The van der Waals surface area contributed by atoms with Gasteiger partial charge in [0.2, 0.25) is 5.89 Å². The van der Waals surface area contributed by atoms with Crippen molar-refractivity contribution in [3.05, 3.63) is 11.7 Å². The molecule has 0 bridgehead atoms. The van der Waals surface area contributed by atoms with Crippen molar-refractivity contribution in [3.8, 4) is 0 Å². The van der Waals surface area contributed by atoms with Gasteiger partial charge in [-0.15, -0.1) is 0 Å². The van der Waals surface area contributed by atoms with Crippen LogP contribution in [0.25, 0.3) is 0 Å². The summed E-state index contributed by atoms with van der Waals surface area (Å²) in [6, 6.07) is 0.620. The Morgan fingerprint density at radius 2 is 1.91 bits per heavy atom. The van der Waals surface area contributed by atoms with Gasteiger partial charge < -0.3 is 9.26 Å². The molecular formula is C16H26N4O2. The number of rotatable bonds is 5. The summed E-state index contributed by atoms with van der Waals surface area (Å²) in [5.41, 5.74) is 0. The second-order valence-corrected chi connectivity index (χ2v) is 6.86. The van der Waals surface area contributed by atoms with Gasteiger partial charge in [-0.25, -0.2) is 0 Å². The summed E-state index contributed by atoms with van der Waals surface area (Å²) < 4.78 is 10.9. The molecule has 3 fully saturated rings. The molecule has 2 saturated heterocycles. The number of nitrogens with zero attached hydrogens (tertiary/aromatic N) is 4. The van der Waals surface area contributed by atoms with Crippen molar-refractivity contribution in [2.24, 2.45) is 0 Å². The van der Waals surface area contributed by atoms with Crippen LogP contribution in [-0.4, -0.2) is 65.4 Å².